The van der Waals surface area contributed by atoms with Crippen LogP contribution in [-0.2, 0) is 0 Å². The normalized spacial score (nSPS) is 18.0. The van der Waals surface area contributed by atoms with Crippen molar-refractivity contribution in [2.45, 2.75) is 13.3 Å². The molecule has 0 amide bonds. The first-order valence-electron chi connectivity index (χ1n) is 7.24. The van der Waals surface area contributed by atoms with Gasteiger partial charge in [-0.2, -0.15) is 0 Å². The van der Waals surface area contributed by atoms with E-state index in [0.717, 1.165) is 35.6 Å². The number of hydrogen-bond donors (Lipinski definition) is 1. The molecule has 0 saturated carbocycles. The van der Waals surface area contributed by atoms with E-state index in [9.17, 15) is 0 Å². The topological polar surface area (TPSA) is 41.1 Å². The summed E-state index contributed by atoms with van der Waals surface area (Å²) in [5.41, 5.74) is 2.24. The summed E-state index contributed by atoms with van der Waals surface area (Å²) in [4.78, 5) is 11.0. The third kappa shape index (κ3) is 3.73. The van der Waals surface area contributed by atoms with Gasteiger partial charge in [-0.3, -0.25) is 4.98 Å². The fraction of sp³-hybridized carbons (Fsp3) is 0.375. The summed E-state index contributed by atoms with van der Waals surface area (Å²) in [7, 11) is 0. The molecule has 1 aromatic heterocycles. The van der Waals surface area contributed by atoms with E-state index in [-0.39, 0.29) is 0 Å². The van der Waals surface area contributed by atoms with Crippen molar-refractivity contribution in [1.82, 2.24) is 9.97 Å². The highest BCUT2D eigenvalue weighted by Gasteiger charge is 2.22. The summed E-state index contributed by atoms with van der Waals surface area (Å²) < 4.78 is 1.14. The fourth-order valence-corrected chi connectivity index (χ4v) is 3.09. The van der Waals surface area contributed by atoms with E-state index in [2.05, 4.69) is 60.4 Å². The lowest BCUT2D eigenvalue weighted by atomic mass is 10.1. The van der Waals surface area contributed by atoms with Gasteiger partial charge in [0.1, 0.15) is 5.82 Å². The van der Waals surface area contributed by atoms with Gasteiger partial charge in [-0.25, -0.2) is 4.98 Å². The average Bonchev–Trinajstić information content (AvgIpc) is 2.94. The average molecular weight is 347 g/mol. The maximum atomic E-state index is 4.43. The second-order valence-electron chi connectivity index (χ2n) is 5.51. The number of aryl methyl sites for hydroxylation is 1. The molecule has 3 rings (SSSR count). The van der Waals surface area contributed by atoms with E-state index < -0.39 is 0 Å². The minimum Gasteiger partial charge on any atom is -0.371 e. The zero-order valence-electron chi connectivity index (χ0n) is 12.1. The standard InChI is InChI=1S/C16H19BrN4/c1-12-8-18-10-16(20-12)19-9-13-5-6-21(11-13)15-4-2-3-14(17)7-15/h2-4,7-8,10,13H,5-6,9,11H2,1H3,(H,19,20). The number of nitrogens with one attached hydrogen (secondary N) is 1. The Bertz CT molecular complexity index is 617. The first-order valence-corrected chi connectivity index (χ1v) is 8.03. The van der Waals surface area contributed by atoms with Crippen molar-refractivity contribution < 1.29 is 0 Å². The van der Waals surface area contributed by atoms with Crippen LogP contribution < -0.4 is 10.2 Å². The van der Waals surface area contributed by atoms with Gasteiger partial charge in [0.25, 0.3) is 0 Å². The minimum absolute atomic E-state index is 0.645. The number of aromatic nitrogens is 2. The van der Waals surface area contributed by atoms with E-state index in [4.69, 9.17) is 0 Å². The lowest BCUT2D eigenvalue weighted by Crippen LogP contribution is -2.22. The maximum Gasteiger partial charge on any atom is 0.144 e. The Morgan fingerprint density at radius 3 is 3.10 bits per heavy atom. The second kappa shape index (κ2) is 6.43. The molecule has 0 bridgehead atoms. The van der Waals surface area contributed by atoms with Crippen molar-refractivity contribution in [2.24, 2.45) is 5.92 Å². The monoisotopic (exact) mass is 346 g/mol. The smallest absolute Gasteiger partial charge is 0.144 e. The van der Waals surface area contributed by atoms with Crippen LogP contribution in [0.25, 0.3) is 0 Å². The minimum atomic E-state index is 0.645. The molecule has 2 heterocycles. The molecule has 5 heteroatoms. The Morgan fingerprint density at radius 2 is 2.29 bits per heavy atom. The van der Waals surface area contributed by atoms with E-state index in [1.54, 1.807) is 12.4 Å². The molecule has 1 aliphatic heterocycles. The molecule has 1 fully saturated rings. The number of rotatable bonds is 4. The molecule has 1 aromatic carbocycles. The van der Waals surface area contributed by atoms with Crippen molar-refractivity contribution in [3.05, 3.63) is 46.8 Å². The quantitative estimate of drug-likeness (QED) is 0.919. The Hall–Kier alpha value is -1.62. The van der Waals surface area contributed by atoms with Crippen LogP contribution in [0, 0.1) is 12.8 Å². The van der Waals surface area contributed by atoms with Crippen molar-refractivity contribution >= 4 is 27.4 Å². The van der Waals surface area contributed by atoms with Crippen LogP contribution in [-0.4, -0.2) is 29.6 Å². The first-order chi connectivity index (χ1) is 10.2. The number of hydrogen-bond acceptors (Lipinski definition) is 4. The molecule has 0 radical (unpaired) electrons. The molecule has 1 saturated heterocycles. The summed E-state index contributed by atoms with van der Waals surface area (Å²) in [6, 6.07) is 8.51. The molecular weight excluding hydrogens is 328 g/mol. The highest BCUT2D eigenvalue weighted by molar-refractivity contribution is 9.10. The molecular formula is C16H19BrN4. The molecule has 0 aliphatic carbocycles. The Morgan fingerprint density at radius 1 is 1.38 bits per heavy atom. The lowest BCUT2D eigenvalue weighted by molar-refractivity contribution is 0.621. The molecule has 21 heavy (non-hydrogen) atoms. The predicted octanol–water partition coefficient (Wildman–Crippen LogP) is 3.49. The summed E-state index contributed by atoms with van der Waals surface area (Å²) >= 11 is 3.54. The van der Waals surface area contributed by atoms with Crippen LogP contribution in [0.3, 0.4) is 0 Å². The van der Waals surface area contributed by atoms with Gasteiger partial charge >= 0.3 is 0 Å². The molecule has 1 unspecified atom stereocenters. The zero-order chi connectivity index (χ0) is 14.7. The van der Waals surface area contributed by atoms with Crippen LogP contribution >= 0.6 is 15.9 Å². The molecule has 4 nitrogen and oxygen atoms in total. The number of halogens is 1. The van der Waals surface area contributed by atoms with E-state index in [0.29, 0.717) is 5.92 Å². The number of anilines is 2. The van der Waals surface area contributed by atoms with Crippen LogP contribution in [0.15, 0.2) is 41.1 Å². The van der Waals surface area contributed by atoms with Gasteiger partial charge in [0.15, 0.2) is 0 Å². The summed E-state index contributed by atoms with van der Waals surface area (Å²) in [6.07, 6.45) is 4.77. The van der Waals surface area contributed by atoms with E-state index in [1.165, 1.54) is 12.1 Å². The first kappa shape index (κ1) is 14.3. The van der Waals surface area contributed by atoms with Crippen LogP contribution in [0.5, 0.6) is 0 Å². The Kier molecular flexibility index (Phi) is 4.39. The fourth-order valence-electron chi connectivity index (χ4n) is 2.70. The Labute approximate surface area is 133 Å². The van der Waals surface area contributed by atoms with Gasteiger partial charge in [0, 0.05) is 36.0 Å². The van der Waals surface area contributed by atoms with Gasteiger partial charge in [0.2, 0.25) is 0 Å². The van der Waals surface area contributed by atoms with Crippen LogP contribution in [0.1, 0.15) is 12.1 Å². The second-order valence-corrected chi connectivity index (χ2v) is 6.42. The third-order valence-electron chi connectivity index (χ3n) is 3.79. The molecule has 1 aliphatic rings. The molecule has 1 atom stereocenters. The van der Waals surface area contributed by atoms with Gasteiger partial charge in [-0.1, -0.05) is 22.0 Å². The van der Waals surface area contributed by atoms with Crippen molar-refractivity contribution in [2.75, 3.05) is 29.9 Å². The SMILES string of the molecule is Cc1cncc(NCC2CCN(c3cccc(Br)c3)C2)n1. The van der Waals surface area contributed by atoms with Gasteiger partial charge in [0.05, 0.1) is 11.9 Å². The van der Waals surface area contributed by atoms with E-state index >= 15 is 0 Å². The largest absolute Gasteiger partial charge is 0.371 e. The molecule has 2 aromatic rings. The highest BCUT2D eigenvalue weighted by Crippen LogP contribution is 2.26. The van der Waals surface area contributed by atoms with Gasteiger partial charge < -0.3 is 10.2 Å². The molecule has 0 spiro atoms. The van der Waals surface area contributed by atoms with Crippen molar-refractivity contribution in [3.8, 4) is 0 Å². The number of benzene rings is 1. The zero-order valence-corrected chi connectivity index (χ0v) is 13.7. The van der Waals surface area contributed by atoms with Crippen molar-refractivity contribution in [1.29, 1.82) is 0 Å². The lowest BCUT2D eigenvalue weighted by Gasteiger charge is -2.19. The predicted molar refractivity (Wildman–Crippen MR) is 89.7 cm³/mol. The maximum absolute atomic E-state index is 4.43. The van der Waals surface area contributed by atoms with Gasteiger partial charge in [-0.15, -0.1) is 0 Å². The summed E-state index contributed by atoms with van der Waals surface area (Å²) in [5.74, 6) is 1.52. The van der Waals surface area contributed by atoms with Crippen LogP contribution in [0.4, 0.5) is 11.5 Å². The molecule has 110 valence electrons. The van der Waals surface area contributed by atoms with Gasteiger partial charge in [-0.05, 0) is 37.5 Å². The highest BCUT2D eigenvalue weighted by atomic mass is 79.9. The summed E-state index contributed by atoms with van der Waals surface area (Å²) in [5, 5.41) is 3.40. The van der Waals surface area contributed by atoms with Crippen molar-refractivity contribution in [3.63, 3.8) is 0 Å². The summed E-state index contributed by atoms with van der Waals surface area (Å²) in [6.45, 7) is 5.11. The van der Waals surface area contributed by atoms with E-state index in [1.807, 2.05) is 6.92 Å². The Balaban J connectivity index is 1.55. The molecule has 1 N–H and O–H groups in total. The van der Waals surface area contributed by atoms with Crippen LogP contribution in [0.2, 0.25) is 0 Å². The number of nitrogens with zero attached hydrogens (tertiary/aromatic N) is 3. The third-order valence-corrected chi connectivity index (χ3v) is 4.28.